The number of para-hydroxylation sites is 2. The van der Waals surface area contributed by atoms with Gasteiger partial charge >= 0.3 is 5.97 Å². The number of fused-ring (bicyclic) bond motifs is 3. The topological polar surface area (TPSA) is 73.7 Å². The van der Waals surface area contributed by atoms with Gasteiger partial charge in [-0.3, -0.25) is 14.5 Å². The van der Waals surface area contributed by atoms with Gasteiger partial charge in [-0.15, -0.1) is 0 Å². The van der Waals surface area contributed by atoms with E-state index >= 15 is 0 Å². The average molecular weight is 359 g/mol. The number of imidazole rings is 1. The molecule has 2 aromatic rings. The van der Waals surface area contributed by atoms with Gasteiger partial charge in [-0.1, -0.05) is 26.0 Å². The molecule has 2 atom stereocenters. The van der Waals surface area contributed by atoms with Gasteiger partial charge in [0, 0.05) is 7.11 Å². The minimum atomic E-state index is -0.892. The maximum atomic E-state index is 13.2. The molecule has 140 valence electrons. The monoisotopic (exact) mass is 359 g/mol. The maximum Gasteiger partial charge on any atom is 0.320 e. The van der Waals surface area contributed by atoms with Crippen molar-refractivity contribution in [2.75, 3.05) is 31.8 Å². The summed E-state index contributed by atoms with van der Waals surface area (Å²) in [4.78, 5) is 32.1. The molecule has 1 aliphatic rings. The van der Waals surface area contributed by atoms with Crippen LogP contribution < -0.4 is 4.90 Å². The average Bonchev–Trinajstić information content (AvgIpc) is 2.99. The van der Waals surface area contributed by atoms with Crippen LogP contribution in [0.4, 0.5) is 5.95 Å². The number of rotatable bonds is 6. The van der Waals surface area contributed by atoms with E-state index in [-0.39, 0.29) is 24.5 Å². The Bertz CT molecular complexity index is 814. The smallest absolute Gasteiger partial charge is 0.320 e. The molecule has 1 aromatic carbocycles. The van der Waals surface area contributed by atoms with E-state index < -0.39 is 11.9 Å². The fourth-order valence-electron chi connectivity index (χ4n) is 3.63. The Balaban J connectivity index is 2.21. The highest BCUT2D eigenvalue weighted by molar-refractivity contribution is 6.08. The lowest BCUT2D eigenvalue weighted by atomic mass is 9.87. The molecule has 0 unspecified atom stereocenters. The van der Waals surface area contributed by atoms with Gasteiger partial charge in [-0.05, 0) is 25.0 Å². The van der Waals surface area contributed by atoms with Crippen LogP contribution >= 0.6 is 0 Å². The summed E-state index contributed by atoms with van der Waals surface area (Å²) >= 11 is 0. The summed E-state index contributed by atoms with van der Waals surface area (Å²) < 4.78 is 12.4. The van der Waals surface area contributed by atoms with Crippen molar-refractivity contribution < 1.29 is 19.1 Å². The van der Waals surface area contributed by atoms with Crippen molar-refractivity contribution in [2.24, 2.45) is 11.8 Å². The van der Waals surface area contributed by atoms with Crippen LogP contribution in [0.25, 0.3) is 11.0 Å². The second-order valence-electron chi connectivity index (χ2n) is 6.72. The van der Waals surface area contributed by atoms with E-state index in [1.54, 1.807) is 18.9 Å². The normalized spacial score (nSPS) is 19.9. The predicted octanol–water partition coefficient (Wildman–Crippen LogP) is 2.41. The maximum absolute atomic E-state index is 13.2. The Morgan fingerprint density at radius 2 is 2.04 bits per heavy atom. The van der Waals surface area contributed by atoms with Crippen LogP contribution in [0.15, 0.2) is 24.3 Å². The van der Waals surface area contributed by atoms with Gasteiger partial charge in [0.2, 0.25) is 11.9 Å². The lowest BCUT2D eigenvalue weighted by Crippen LogP contribution is -2.51. The third kappa shape index (κ3) is 2.96. The van der Waals surface area contributed by atoms with Gasteiger partial charge in [0.1, 0.15) is 0 Å². The minimum Gasteiger partial charge on any atom is -0.465 e. The summed E-state index contributed by atoms with van der Waals surface area (Å²) in [5.74, 6) is -1.04. The number of hydrogen-bond donors (Lipinski definition) is 0. The molecule has 0 saturated carbocycles. The summed E-state index contributed by atoms with van der Waals surface area (Å²) in [5, 5.41) is 0. The molecule has 7 nitrogen and oxygen atoms in total. The first-order valence-corrected chi connectivity index (χ1v) is 8.95. The molecule has 7 heteroatoms. The minimum absolute atomic E-state index is 0.0503. The second-order valence-corrected chi connectivity index (χ2v) is 6.72. The van der Waals surface area contributed by atoms with Crippen molar-refractivity contribution in [1.29, 1.82) is 0 Å². The van der Waals surface area contributed by atoms with Crippen molar-refractivity contribution >= 4 is 28.9 Å². The fourth-order valence-corrected chi connectivity index (χ4v) is 3.63. The zero-order valence-corrected chi connectivity index (χ0v) is 15.6. The van der Waals surface area contributed by atoms with Gasteiger partial charge in [0.05, 0.1) is 36.8 Å². The van der Waals surface area contributed by atoms with Crippen LogP contribution in [0, 0.1) is 11.8 Å². The molecular weight excluding hydrogens is 334 g/mol. The highest BCUT2D eigenvalue weighted by Crippen LogP contribution is 2.41. The molecule has 3 rings (SSSR count). The third-order valence-corrected chi connectivity index (χ3v) is 4.73. The summed E-state index contributed by atoms with van der Waals surface area (Å²) in [5.41, 5.74) is 1.71. The lowest BCUT2D eigenvalue weighted by Gasteiger charge is -2.39. The number of ether oxygens (including phenoxy) is 2. The second kappa shape index (κ2) is 7.45. The molecule has 1 aromatic heterocycles. The number of hydrogen-bond acceptors (Lipinski definition) is 5. The summed E-state index contributed by atoms with van der Waals surface area (Å²) in [6.45, 7) is 6.69. The van der Waals surface area contributed by atoms with E-state index in [0.29, 0.717) is 19.1 Å². The number of aromatic nitrogens is 2. The first-order valence-electron chi connectivity index (χ1n) is 8.95. The van der Waals surface area contributed by atoms with Gasteiger partial charge in [0.25, 0.3) is 0 Å². The molecule has 2 heterocycles. The number of esters is 1. The van der Waals surface area contributed by atoms with Crippen LogP contribution in [0.3, 0.4) is 0 Å². The van der Waals surface area contributed by atoms with Gasteiger partial charge in [-0.25, -0.2) is 4.98 Å². The van der Waals surface area contributed by atoms with Crippen LogP contribution in [0.2, 0.25) is 0 Å². The van der Waals surface area contributed by atoms with Crippen molar-refractivity contribution in [3.05, 3.63) is 24.3 Å². The molecule has 0 saturated heterocycles. The van der Waals surface area contributed by atoms with Crippen molar-refractivity contribution in [3.63, 3.8) is 0 Å². The number of carbonyl (C=O) groups excluding carboxylic acids is 2. The van der Waals surface area contributed by atoms with Crippen LogP contribution in [-0.2, 0) is 19.1 Å². The van der Waals surface area contributed by atoms with Crippen LogP contribution in [0.5, 0.6) is 0 Å². The Labute approximate surface area is 152 Å². The Morgan fingerprint density at radius 1 is 1.31 bits per heavy atom. The number of benzene rings is 1. The van der Waals surface area contributed by atoms with E-state index in [0.717, 1.165) is 11.0 Å². The first kappa shape index (κ1) is 18.4. The molecule has 1 aliphatic heterocycles. The largest absolute Gasteiger partial charge is 0.465 e. The highest BCUT2D eigenvalue weighted by Gasteiger charge is 2.48. The molecule has 0 fully saturated rings. The van der Waals surface area contributed by atoms with E-state index in [4.69, 9.17) is 9.47 Å². The first-order chi connectivity index (χ1) is 12.5. The molecule has 0 aliphatic carbocycles. The van der Waals surface area contributed by atoms with Gasteiger partial charge < -0.3 is 14.0 Å². The Morgan fingerprint density at radius 3 is 2.69 bits per heavy atom. The Hall–Kier alpha value is -2.41. The van der Waals surface area contributed by atoms with Crippen molar-refractivity contribution in [2.45, 2.75) is 26.8 Å². The van der Waals surface area contributed by atoms with Crippen molar-refractivity contribution in [1.82, 2.24) is 9.55 Å². The molecule has 1 amide bonds. The lowest BCUT2D eigenvalue weighted by molar-refractivity contribution is -0.154. The number of nitrogens with zero attached hydrogens (tertiary/aromatic N) is 3. The van der Waals surface area contributed by atoms with E-state index in [1.807, 2.05) is 42.7 Å². The highest BCUT2D eigenvalue weighted by atomic mass is 16.5. The summed E-state index contributed by atoms with van der Waals surface area (Å²) in [6.07, 6.45) is 0. The zero-order chi connectivity index (χ0) is 18.8. The molecule has 0 N–H and O–H groups in total. The van der Waals surface area contributed by atoms with E-state index in [9.17, 15) is 9.59 Å². The predicted molar refractivity (Wildman–Crippen MR) is 98.0 cm³/mol. The van der Waals surface area contributed by atoms with E-state index in [2.05, 4.69) is 4.98 Å². The Kier molecular flexibility index (Phi) is 5.27. The van der Waals surface area contributed by atoms with Gasteiger partial charge in [0.15, 0.2) is 5.92 Å². The van der Waals surface area contributed by atoms with Gasteiger partial charge in [-0.2, -0.15) is 0 Å². The van der Waals surface area contributed by atoms with Crippen LogP contribution in [-0.4, -0.2) is 48.3 Å². The summed E-state index contributed by atoms with van der Waals surface area (Å²) in [6, 6.07) is 7.38. The third-order valence-electron chi connectivity index (χ3n) is 4.73. The molecule has 0 radical (unpaired) electrons. The molecule has 26 heavy (non-hydrogen) atoms. The van der Waals surface area contributed by atoms with E-state index in [1.165, 1.54) is 0 Å². The molecular formula is C19H25N3O4. The fraction of sp³-hybridized carbons (Fsp3) is 0.526. The summed E-state index contributed by atoms with van der Waals surface area (Å²) in [7, 11) is 1.58. The standard InChI is InChI=1S/C19H25N3O4/c1-5-26-18(24)15-16(12(2)3)22-14-9-7-6-8-13(14)20-19(22)21(17(15)23)10-11-25-4/h6-9,12,15-16H,5,10-11H2,1-4H3/t15-,16+/m1/s1. The number of methoxy groups -OCH3 is 1. The number of carbonyl (C=O) groups is 2. The molecule has 0 bridgehead atoms. The number of anilines is 1. The zero-order valence-electron chi connectivity index (χ0n) is 15.6. The quantitative estimate of drug-likeness (QED) is 0.585. The SMILES string of the molecule is CCOC(=O)[C@H]1C(=O)N(CCOC)c2nc3ccccc3n2[C@H]1C(C)C. The molecule has 0 spiro atoms. The van der Waals surface area contributed by atoms with Crippen LogP contribution in [0.1, 0.15) is 26.8 Å². The number of amides is 1. The van der Waals surface area contributed by atoms with Crippen molar-refractivity contribution in [3.8, 4) is 0 Å².